The van der Waals surface area contributed by atoms with Crippen molar-refractivity contribution in [1.82, 2.24) is 5.32 Å². The Balaban J connectivity index is 1.62. The molecule has 2 aromatic rings. The van der Waals surface area contributed by atoms with Crippen molar-refractivity contribution in [2.75, 3.05) is 26.8 Å². The number of quaternary nitrogens is 1. The number of ether oxygens (including phenoxy) is 2. The van der Waals surface area contributed by atoms with E-state index in [0.29, 0.717) is 26.3 Å². The summed E-state index contributed by atoms with van der Waals surface area (Å²) < 4.78 is 24.3. The van der Waals surface area contributed by atoms with E-state index in [-0.39, 0.29) is 23.7 Å². The summed E-state index contributed by atoms with van der Waals surface area (Å²) in [6.07, 6.45) is 0. The quantitative estimate of drug-likeness (QED) is 0.765. The SMILES string of the molecule is CC(C)[C@H](NC(=O)C[NH+](C)Cc1ccc(F)cc1)c1ccc2c(c1)OCCO2. The molecule has 28 heavy (non-hydrogen) atoms. The lowest BCUT2D eigenvalue weighted by Gasteiger charge is -2.26. The highest BCUT2D eigenvalue weighted by Crippen LogP contribution is 2.34. The van der Waals surface area contributed by atoms with Crippen molar-refractivity contribution in [2.45, 2.75) is 26.4 Å². The van der Waals surface area contributed by atoms with Crippen LogP contribution in [0, 0.1) is 11.7 Å². The molecule has 2 atom stereocenters. The van der Waals surface area contributed by atoms with Gasteiger partial charge >= 0.3 is 0 Å². The average molecular weight is 387 g/mol. The van der Waals surface area contributed by atoms with Crippen LogP contribution in [0.1, 0.15) is 31.0 Å². The van der Waals surface area contributed by atoms with Crippen molar-refractivity contribution in [3.8, 4) is 11.5 Å². The Morgan fingerprint density at radius 3 is 2.46 bits per heavy atom. The van der Waals surface area contributed by atoms with E-state index < -0.39 is 0 Å². The monoisotopic (exact) mass is 387 g/mol. The molecule has 0 aromatic heterocycles. The first-order chi connectivity index (χ1) is 13.4. The second-order valence-corrected chi connectivity index (χ2v) is 7.63. The highest BCUT2D eigenvalue weighted by molar-refractivity contribution is 5.77. The Kier molecular flexibility index (Phi) is 6.52. The first kappa shape index (κ1) is 20.1. The summed E-state index contributed by atoms with van der Waals surface area (Å²) in [5.41, 5.74) is 2.00. The van der Waals surface area contributed by atoms with Crippen LogP contribution in [0.4, 0.5) is 4.39 Å². The van der Waals surface area contributed by atoms with Crippen molar-refractivity contribution in [1.29, 1.82) is 0 Å². The number of rotatable bonds is 7. The van der Waals surface area contributed by atoms with Crippen molar-refractivity contribution in [3.05, 3.63) is 59.4 Å². The second kappa shape index (κ2) is 9.06. The van der Waals surface area contributed by atoms with Crippen molar-refractivity contribution in [3.63, 3.8) is 0 Å². The molecule has 0 radical (unpaired) electrons. The van der Waals surface area contributed by atoms with Crippen molar-refractivity contribution >= 4 is 5.91 Å². The molecule has 1 unspecified atom stereocenters. The van der Waals surface area contributed by atoms with Gasteiger partial charge in [-0.25, -0.2) is 4.39 Å². The van der Waals surface area contributed by atoms with Gasteiger partial charge in [-0.1, -0.05) is 32.0 Å². The molecular formula is C22H28FN2O3+. The lowest BCUT2D eigenvalue weighted by molar-refractivity contribution is -0.885. The molecule has 0 bridgehead atoms. The van der Waals surface area contributed by atoms with Gasteiger partial charge in [-0.3, -0.25) is 4.79 Å². The van der Waals surface area contributed by atoms with Crippen LogP contribution in [-0.2, 0) is 11.3 Å². The van der Waals surface area contributed by atoms with E-state index in [1.807, 2.05) is 25.2 Å². The molecule has 5 nitrogen and oxygen atoms in total. The summed E-state index contributed by atoms with van der Waals surface area (Å²) in [5, 5.41) is 3.15. The molecular weight excluding hydrogens is 359 g/mol. The van der Waals surface area contributed by atoms with E-state index in [4.69, 9.17) is 9.47 Å². The van der Waals surface area contributed by atoms with Crippen LogP contribution in [0.3, 0.4) is 0 Å². The molecule has 1 aliphatic rings. The van der Waals surface area contributed by atoms with Crippen LogP contribution >= 0.6 is 0 Å². The van der Waals surface area contributed by atoms with E-state index in [1.54, 1.807) is 12.1 Å². The van der Waals surface area contributed by atoms with E-state index >= 15 is 0 Å². The third-order valence-corrected chi connectivity index (χ3v) is 4.79. The standard InChI is InChI=1S/C22H27FN2O3/c1-15(2)22(17-6-9-19-20(12-17)28-11-10-27-19)24-21(26)14-25(3)13-16-4-7-18(23)8-5-16/h4-9,12,15,22H,10-11,13-14H2,1-3H3,(H,24,26)/p+1/t22-/m0/s1. The number of amides is 1. The maximum Gasteiger partial charge on any atom is 0.275 e. The fourth-order valence-electron chi connectivity index (χ4n) is 3.40. The van der Waals surface area contributed by atoms with Crippen LogP contribution in [0.25, 0.3) is 0 Å². The van der Waals surface area contributed by atoms with Crippen LogP contribution in [-0.4, -0.2) is 32.7 Å². The summed E-state index contributed by atoms with van der Waals surface area (Å²) in [6, 6.07) is 12.1. The summed E-state index contributed by atoms with van der Waals surface area (Å²) in [6.45, 7) is 6.25. The summed E-state index contributed by atoms with van der Waals surface area (Å²) in [7, 11) is 1.96. The molecule has 150 valence electrons. The van der Waals surface area contributed by atoms with Gasteiger partial charge in [0.1, 0.15) is 25.6 Å². The topological polar surface area (TPSA) is 52.0 Å². The number of hydrogen-bond acceptors (Lipinski definition) is 3. The molecule has 3 rings (SSSR count). The predicted octanol–water partition coefficient (Wildman–Crippen LogP) is 2.13. The predicted molar refractivity (Wildman–Crippen MR) is 105 cm³/mol. The third kappa shape index (κ3) is 5.23. The molecule has 1 amide bonds. The van der Waals surface area contributed by atoms with Gasteiger partial charge in [-0.05, 0) is 35.7 Å². The minimum Gasteiger partial charge on any atom is -0.486 e. The third-order valence-electron chi connectivity index (χ3n) is 4.79. The van der Waals surface area contributed by atoms with Crippen LogP contribution < -0.4 is 19.7 Å². The average Bonchev–Trinajstić information content (AvgIpc) is 2.67. The fourth-order valence-corrected chi connectivity index (χ4v) is 3.40. The molecule has 0 aliphatic carbocycles. The van der Waals surface area contributed by atoms with Crippen LogP contribution in [0.2, 0.25) is 0 Å². The number of carbonyl (C=O) groups is 1. The Morgan fingerprint density at radius 2 is 1.79 bits per heavy atom. The van der Waals surface area contributed by atoms with Gasteiger partial charge in [-0.15, -0.1) is 0 Å². The van der Waals surface area contributed by atoms with Gasteiger partial charge in [0.25, 0.3) is 5.91 Å². The van der Waals surface area contributed by atoms with Gasteiger partial charge in [0.2, 0.25) is 0 Å². The highest BCUT2D eigenvalue weighted by Gasteiger charge is 2.22. The first-order valence-electron chi connectivity index (χ1n) is 9.67. The van der Waals surface area contributed by atoms with E-state index in [1.165, 1.54) is 12.1 Å². The number of benzene rings is 2. The first-order valence-corrected chi connectivity index (χ1v) is 9.67. The maximum absolute atomic E-state index is 13.0. The molecule has 2 aromatic carbocycles. The zero-order valence-corrected chi connectivity index (χ0v) is 16.6. The smallest absolute Gasteiger partial charge is 0.275 e. The minimum atomic E-state index is -0.252. The number of halogens is 1. The van der Waals surface area contributed by atoms with Gasteiger partial charge in [0, 0.05) is 5.56 Å². The summed E-state index contributed by atoms with van der Waals surface area (Å²) >= 11 is 0. The number of nitrogens with one attached hydrogen (secondary N) is 2. The molecule has 2 N–H and O–H groups in total. The van der Waals surface area contributed by atoms with E-state index in [0.717, 1.165) is 27.5 Å². The molecule has 0 saturated carbocycles. The van der Waals surface area contributed by atoms with Crippen molar-refractivity contribution < 1.29 is 23.6 Å². The van der Waals surface area contributed by atoms with Gasteiger partial charge in [0.15, 0.2) is 18.0 Å². The molecule has 0 saturated heterocycles. The Hall–Kier alpha value is -2.60. The number of carbonyl (C=O) groups excluding carboxylic acids is 1. The second-order valence-electron chi connectivity index (χ2n) is 7.63. The van der Waals surface area contributed by atoms with Crippen molar-refractivity contribution in [2.24, 2.45) is 5.92 Å². The highest BCUT2D eigenvalue weighted by atomic mass is 19.1. The lowest BCUT2D eigenvalue weighted by Crippen LogP contribution is -3.08. The maximum atomic E-state index is 13.0. The van der Waals surface area contributed by atoms with Gasteiger partial charge in [0.05, 0.1) is 13.1 Å². The molecule has 1 heterocycles. The largest absolute Gasteiger partial charge is 0.486 e. The van der Waals surface area contributed by atoms with Crippen LogP contribution in [0.15, 0.2) is 42.5 Å². The zero-order valence-electron chi connectivity index (χ0n) is 16.6. The summed E-state index contributed by atoms with van der Waals surface area (Å²) in [4.78, 5) is 13.7. The molecule has 0 spiro atoms. The number of fused-ring (bicyclic) bond motifs is 1. The van der Waals surface area contributed by atoms with Gasteiger partial charge in [-0.2, -0.15) is 0 Å². The Morgan fingerprint density at radius 1 is 1.11 bits per heavy atom. The fraction of sp³-hybridized carbons (Fsp3) is 0.409. The lowest BCUT2D eigenvalue weighted by atomic mass is 9.95. The normalized spacial score (nSPS) is 15.2. The Labute approximate surface area is 165 Å². The zero-order chi connectivity index (χ0) is 20.1. The molecule has 0 fully saturated rings. The number of hydrogen-bond donors (Lipinski definition) is 2. The molecule has 6 heteroatoms. The summed E-state index contributed by atoms with van der Waals surface area (Å²) in [5.74, 6) is 1.42. The van der Waals surface area contributed by atoms with E-state index in [2.05, 4.69) is 19.2 Å². The van der Waals surface area contributed by atoms with Gasteiger partial charge < -0.3 is 19.7 Å². The van der Waals surface area contributed by atoms with E-state index in [9.17, 15) is 9.18 Å². The number of likely N-dealkylation sites (N-methyl/N-ethyl adjacent to an activating group) is 1. The molecule has 1 aliphatic heterocycles. The minimum absolute atomic E-state index is 0.0202. The Bertz CT molecular complexity index is 808. The van der Waals surface area contributed by atoms with Crippen LogP contribution in [0.5, 0.6) is 11.5 Å².